The van der Waals surface area contributed by atoms with E-state index >= 15 is 0 Å². The van der Waals surface area contributed by atoms with E-state index < -0.39 is 17.7 Å². The number of hydrogen-bond acceptors (Lipinski definition) is 5. The van der Waals surface area contributed by atoms with Crippen LogP contribution in [0.1, 0.15) is 63.0 Å². The number of alkyl carbamates (subject to hydrolysis) is 1. The maximum absolute atomic E-state index is 13.5. The molecule has 2 fully saturated rings. The van der Waals surface area contributed by atoms with Gasteiger partial charge in [-0.25, -0.2) is 4.79 Å². The molecule has 2 aromatic rings. The van der Waals surface area contributed by atoms with Gasteiger partial charge in [-0.1, -0.05) is 67.6 Å². The first-order chi connectivity index (χ1) is 19.9. The van der Waals surface area contributed by atoms with Gasteiger partial charge in [0.15, 0.2) is 0 Å². The van der Waals surface area contributed by atoms with Crippen molar-refractivity contribution in [3.8, 4) is 0 Å². The van der Waals surface area contributed by atoms with Crippen LogP contribution in [0.5, 0.6) is 0 Å². The standard InChI is InChI=1S/C32H42N4O5/c1-2-21-36-29(38)27(15-9-10-20-33-31(40)41-24-26-13-7-4-8-14-26)34-30(39)32(36)18-22-35(23-19-32)28(37)17-16-25-11-5-3-6-12-25/h3-8,11-14,27H,2,9-10,15-24H2,1H3,(H,33,40)(H,34,39)/t27-/m0/s1. The molecule has 2 heterocycles. The quantitative estimate of drug-likeness (QED) is 0.383. The SMILES string of the molecule is CCCN1C(=O)[C@H](CCCCNC(=O)OCc2ccccc2)NC(=O)C12CCN(C(=O)CCc1ccccc1)CC2. The Balaban J connectivity index is 1.22. The van der Waals surface area contributed by atoms with Crippen LogP contribution >= 0.6 is 0 Å². The summed E-state index contributed by atoms with van der Waals surface area (Å²) >= 11 is 0. The number of unbranched alkanes of at least 4 members (excludes halogenated alkanes) is 1. The minimum atomic E-state index is -0.899. The zero-order valence-electron chi connectivity index (χ0n) is 24.0. The van der Waals surface area contributed by atoms with Crippen LogP contribution in [0.2, 0.25) is 0 Å². The molecule has 0 aliphatic carbocycles. The Hall–Kier alpha value is -3.88. The third kappa shape index (κ3) is 7.86. The number of carbonyl (C=O) groups excluding carboxylic acids is 4. The molecular weight excluding hydrogens is 520 g/mol. The molecule has 0 bridgehead atoms. The first-order valence-electron chi connectivity index (χ1n) is 14.8. The summed E-state index contributed by atoms with van der Waals surface area (Å²) in [5, 5.41) is 5.74. The van der Waals surface area contributed by atoms with Gasteiger partial charge in [-0.2, -0.15) is 0 Å². The van der Waals surface area contributed by atoms with E-state index in [1.54, 1.807) is 4.90 Å². The van der Waals surface area contributed by atoms with Crippen molar-refractivity contribution in [2.24, 2.45) is 0 Å². The number of likely N-dealkylation sites (tertiary alicyclic amines) is 1. The molecule has 9 nitrogen and oxygen atoms in total. The first kappa shape index (κ1) is 30.1. The van der Waals surface area contributed by atoms with Gasteiger partial charge in [-0.05, 0) is 56.1 Å². The summed E-state index contributed by atoms with van der Waals surface area (Å²) in [6, 6.07) is 18.9. The lowest BCUT2D eigenvalue weighted by molar-refractivity contribution is -0.162. The molecule has 0 saturated carbocycles. The van der Waals surface area contributed by atoms with Gasteiger partial charge in [0.2, 0.25) is 17.7 Å². The molecule has 9 heteroatoms. The molecule has 2 aromatic carbocycles. The molecule has 1 atom stereocenters. The Kier molecular flexibility index (Phi) is 10.8. The van der Waals surface area contributed by atoms with Crippen molar-refractivity contribution in [3.05, 3.63) is 71.8 Å². The molecule has 0 unspecified atom stereocenters. The molecule has 2 N–H and O–H groups in total. The number of nitrogens with zero attached hydrogens (tertiary/aromatic N) is 2. The van der Waals surface area contributed by atoms with Gasteiger partial charge in [0.1, 0.15) is 18.2 Å². The zero-order valence-corrected chi connectivity index (χ0v) is 24.0. The van der Waals surface area contributed by atoms with Crippen molar-refractivity contribution in [2.75, 3.05) is 26.2 Å². The largest absolute Gasteiger partial charge is 0.445 e. The van der Waals surface area contributed by atoms with Gasteiger partial charge in [-0.15, -0.1) is 0 Å². The molecule has 220 valence electrons. The molecule has 2 aliphatic heterocycles. The molecule has 2 saturated heterocycles. The van der Waals surface area contributed by atoms with E-state index in [0.717, 1.165) is 17.5 Å². The number of carbonyl (C=O) groups is 4. The number of piperidine rings is 1. The van der Waals surface area contributed by atoms with Crippen molar-refractivity contribution in [2.45, 2.75) is 76.5 Å². The monoisotopic (exact) mass is 562 g/mol. The topological polar surface area (TPSA) is 108 Å². The van der Waals surface area contributed by atoms with Crippen LogP contribution in [0.3, 0.4) is 0 Å². The molecule has 4 amide bonds. The highest BCUT2D eigenvalue weighted by molar-refractivity contribution is 6.00. The highest BCUT2D eigenvalue weighted by atomic mass is 16.5. The Bertz CT molecular complexity index is 1170. The Morgan fingerprint density at radius 1 is 0.976 bits per heavy atom. The fraction of sp³-hybridized carbons (Fsp3) is 0.500. The molecule has 2 aliphatic rings. The summed E-state index contributed by atoms with van der Waals surface area (Å²) in [6.45, 7) is 4.09. The van der Waals surface area contributed by atoms with Gasteiger partial charge in [0.25, 0.3) is 0 Å². The van der Waals surface area contributed by atoms with Crippen molar-refractivity contribution < 1.29 is 23.9 Å². The number of amides is 4. The van der Waals surface area contributed by atoms with Crippen LogP contribution in [0.25, 0.3) is 0 Å². The summed E-state index contributed by atoms with van der Waals surface area (Å²) in [5.74, 6) is -0.0798. The summed E-state index contributed by atoms with van der Waals surface area (Å²) in [7, 11) is 0. The fourth-order valence-corrected chi connectivity index (χ4v) is 5.73. The smallest absolute Gasteiger partial charge is 0.407 e. The lowest BCUT2D eigenvalue weighted by Gasteiger charge is -2.51. The zero-order chi connectivity index (χ0) is 29.1. The third-order valence-corrected chi connectivity index (χ3v) is 8.07. The Morgan fingerprint density at radius 2 is 1.63 bits per heavy atom. The number of hydrogen-bond donors (Lipinski definition) is 2. The van der Waals surface area contributed by atoms with E-state index in [-0.39, 0.29) is 24.3 Å². The van der Waals surface area contributed by atoms with Crippen LogP contribution in [-0.4, -0.2) is 71.4 Å². The second kappa shape index (κ2) is 14.7. The van der Waals surface area contributed by atoms with E-state index in [4.69, 9.17) is 4.74 Å². The number of ether oxygens (including phenoxy) is 1. The normalized spacial score (nSPS) is 18.2. The first-order valence-corrected chi connectivity index (χ1v) is 14.8. The van der Waals surface area contributed by atoms with Crippen LogP contribution in [-0.2, 0) is 32.1 Å². The summed E-state index contributed by atoms with van der Waals surface area (Å²) in [5.41, 5.74) is 1.15. The van der Waals surface area contributed by atoms with Gasteiger partial charge >= 0.3 is 6.09 Å². The highest BCUT2D eigenvalue weighted by Gasteiger charge is 2.53. The minimum Gasteiger partial charge on any atom is -0.445 e. The maximum Gasteiger partial charge on any atom is 0.407 e. The lowest BCUT2D eigenvalue weighted by atomic mass is 9.81. The van der Waals surface area contributed by atoms with Gasteiger partial charge in [-0.3, -0.25) is 14.4 Å². The van der Waals surface area contributed by atoms with Gasteiger partial charge < -0.3 is 25.2 Å². The van der Waals surface area contributed by atoms with E-state index in [1.165, 1.54) is 0 Å². The van der Waals surface area contributed by atoms with Crippen molar-refractivity contribution >= 4 is 23.8 Å². The lowest BCUT2D eigenvalue weighted by Crippen LogP contribution is -2.73. The van der Waals surface area contributed by atoms with Crippen LogP contribution in [0.15, 0.2) is 60.7 Å². The Labute approximate surface area is 242 Å². The second-order valence-electron chi connectivity index (χ2n) is 10.9. The third-order valence-electron chi connectivity index (χ3n) is 8.07. The van der Waals surface area contributed by atoms with Gasteiger partial charge in [0.05, 0.1) is 0 Å². The molecule has 4 rings (SSSR count). The number of rotatable bonds is 12. The van der Waals surface area contributed by atoms with E-state index in [2.05, 4.69) is 10.6 Å². The maximum atomic E-state index is 13.5. The van der Waals surface area contributed by atoms with E-state index in [9.17, 15) is 19.2 Å². The molecular formula is C32H42N4O5. The molecule has 41 heavy (non-hydrogen) atoms. The minimum absolute atomic E-state index is 0.0504. The van der Waals surface area contributed by atoms with Gasteiger partial charge in [0, 0.05) is 32.6 Å². The van der Waals surface area contributed by atoms with Crippen LogP contribution in [0, 0.1) is 0 Å². The second-order valence-corrected chi connectivity index (χ2v) is 10.9. The predicted molar refractivity (Wildman–Crippen MR) is 156 cm³/mol. The number of aryl methyl sites for hydroxylation is 1. The number of nitrogens with one attached hydrogen (secondary N) is 2. The highest BCUT2D eigenvalue weighted by Crippen LogP contribution is 2.34. The van der Waals surface area contributed by atoms with E-state index in [0.29, 0.717) is 71.1 Å². The summed E-state index contributed by atoms with van der Waals surface area (Å²) in [4.78, 5) is 55.5. The molecule has 1 spiro atoms. The van der Waals surface area contributed by atoms with Crippen LogP contribution in [0.4, 0.5) is 4.79 Å². The van der Waals surface area contributed by atoms with Crippen molar-refractivity contribution in [1.29, 1.82) is 0 Å². The number of piperazine rings is 1. The average Bonchev–Trinajstić information content (AvgIpc) is 3.00. The molecule has 0 radical (unpaired) electrons. The Morgan fingerprint density at radius 3 is 2.29 bits per heavy atom. The van der Waals surface area contributed by atoms with Crippen LogP contribution < -0.4 is 10.6 Å². The van der Waals surface area contributed by atoms with Crippen molar-refractivity contribution in [1.82, 2.24) is 20.4 Å². The van der Waals surface area contributed by atoms with E-state index in [1.807, 2.05) is 72.5 Å². The fourth-order valence-electron chi connectivity index (χ4n) is 5.73. The average molecular weight is 563 g/mol. The summed E-state index contributed by atoms with van der Waals surface area (Å²) < 4.78 is 5.22. The van der Waals surface area contributed by atoms with Crippen molar-refractivity contribution in [3.63, 3.8) is 0 Å². The summed E-state index contributed by atoms with van der Waals surface area (Å²) in [6.07, 6.45) is 4.14. The number of benzene rings is 2. The predicted octanol–water partition coefficient (Wildman–Crippen LogP) is 3.81. The molecule has 0 aromatic heterocycles.